The molecule has 0 aliphatic carbocycles. The number of carbonyl (C=O) groups is 1. The molecule has 0 unspecified atom stereocenters. The average Bonchev–Trinajstić information content (AvgIpc) is 2.68. The van der Waals surface area contributed by atoms with E-state index in [0.717, 1.165) is 11.0 Å². The zero-order valence-electron chi connectivity index (χ0n) is 10.2. The van der Waals surface area contributed by atoms with Crippen LogP contribution in [0.4, 0.5) is 0 Å². The predicted molar refractivity (Wildman–Crippen MR) is 68.0 cm³/mol. The normalized spacial score (nSPS) is 11.9. The summed E-state index contributed by atoms with van der Waals surface area (Å²) in [5, 5.41) is 0.961. The second-order valence-corrected chi connectivity index (χ2v) is 5.06. The van der Waals surface area contributed by atoms with Gasteiger partial charge in [-0.15, -0.1) is 0 Å². The largest absolute Gasteiger partial charge is 0.453 e. The molecule has 2 rings (SSSR count). The standard InChI is InChI=1S/C14H17NO2/c1-14(2,15)8-7-11(16)13-9-10-5-3-4-6-12(10)17-13/h3-6,9H,7-8,15H2,1-2H3. The Kier molecular flexibility index (Phi) is 3.03. The van der Waals surface area contributed by atoms with E-state index in [-0.39, 0.29) is 11.3 Å². The summed E-state index contributed by atoms with van der Waals surface area (Å²) >= 11 is 0. The molecule has 0 saturated heterocycles. The van der Waals surface area contributed by atoms with Crippen molar-refractivity contribution in [2.24, 2.45) is 5.73 Å². The fourth-order valence-electron chi connectivity index (χ4n) is 1.68. The number of carbonyl (C=O) groups excluding carboxylic acids is 1. The van der Waals surface area contributed by atoms with Crippen LogP contribution in [0, 0.1) is 0 Å². The van der Waals surface area contributed by atoms with Crippen molar-refractivity contribution in [1.29, 1.82) is 0 Å². The molecule has 0 fully saturated rings. The van der Waals surface area contributed by atoms with Gasteiger partial charge in [0.25, 0.3) is 0 Å². The van der Waals surface area contributed by atoms with E-state index in [2.05, 4.69) is 0 Å². The summed E-state index contributed by atoms with van der Waals surface area (Å²) < 4.78 is 5.50. The second kappa shape index (κ2) is 4.34. The molecule has 1 aromatic carbocycles. The second-order valence-electron chi connectivity index (χ2n) is 5.06. The van der Waals surface area contributed by atoms with Gasteiger partial charge in [0.1, 0.15) is 5.58 Å². The van der Waals surface area contributed by atoms with Gasteiger partial charge < -0.3 is 10.2 Å². The molecular weight excluding hydrogens is 214 g/mol. The highest BCUT2D eigenvalue weighted by Gasteiger charge is 2.17. The number of fused-ring (bicyclic) bond motifs is 1. The molecule has 17 heavy (non-hydrogen) atoms. The zero-order valence-corrected chi connectivity index (χ0v) is 10.2. The number of hydrogen-bond donors (Lipinski definition) is 1. The van der Waals surface area contributed by atoms with Crippen LogP contribution in [0.2, 0.25) is 0 Å². The third-order valence-corrected chi connectivity index (χ3v) is 2.70. The molecule has 0 spiro atoms. The van der Waals surface area contributed by atoms with Gasteiger partial charge in [0, 0.05) is 17.3 Å². The monoisotopic (exact) mass is 231 g/mol. The van der Waals surface area contributed by atoms with Crippen molar-refractivity contribution in [3.63, 3.8) is 0 Å². The number of rotatable bonds is 4. The molecule has 0 bridgehead atoms. The van der Waals surface area contributed by atoms with Crippen molar-refractivity contribution in [2.75, 3.05) is 0 Å². The van der Waals surface area contributed by atoms with Crippen molar-refractivity contribution in [2.45, 2.75) is 32.2 Å². The molecule has 1 aromatic heterocycles. The van der Waals surface area contributed by atoms with Crippen LogP contribution in [-0.2, 0) is 0 Å². The molecule has 0 aliphatic rings. The Labute approximate surface area is 101 Å². The topological polar surface area (TPSA) is 56.2 Å². The van der Waals surface area contributed by atoms with Crippen LogP contribution in [0.5, 0.6) is 0 Å². The van der Waals surface area contributed by atoms with Crippen LogP contribution in [0.15, 0.2) is 34.7 Å². The Balaban J connectivity index is 2.14. The number of ketones is 1. The summed E-state index contributed by atoms with van der Waals surface area (Å²) in [5.74, 6) is 0.440. The average molecular weight is 231 g/mol. The lowest BCUT2D eigenvalue weighted by Gasteiger charge is -2.16. The summed E-state index contributed by atoms with van der Waals surface area (Å²) in [7, 11) is 0. The van der Waals surface area contributed by atoms with Crippen LogP contribution >= 0.6 is 0 Å². The minimum absolute atomic E-state index is 0.0136. The van der Waals surface area contributed by atoms with E-state index < -0.39 is 0 Å². The summed E-state index contributed by atoms with van der Waals surface area (Å²) in [6, 6.07) is 9.40. The zero-order chi connectivity index (χ0) is 12.5. The van der Waals surface area contributed by atoms with E-state index in [9.17, 15) is 4.79 Å². The van der Waals surface area contributed by atoms with E-state index >= 15 is 0 Å². The van der Waals surface area contributed by atoms with Gasteiger partial charge >= 0.3 is 0 Å². The quantitative estimate of drug-likeness (QED) is 0.822. The summed E-state index contributed by atoms with van der Waals surface area (Å²) in [6.07, 6.45) is 1.08. The van der Waals surface area contributed by atoms with Crippen LogP contribution in [-0.4, -0.2) is 11.3 Å². The molecule has 90 valence electrons. The number of hydrogen-bond acceptors (Lipinski definition) is 3. The highest BCUT2D eigenvalue weighted by Crippen LogP contribution is 2.21. The highest BCUT2D eigenvalue weighted by molar-refractivity contribution is 5.97. The SMILES string of the molecule is CC(C)(N)CCC(=O)c1cc2ccccc2o1. The maximum atomic E-state index is 11.9. The van der Waals surface area contributed by atoms with Gasteiger partial charge in [-0.3, -0.25) is 4.79 Å². The highest BCUT2D eigenvalue weighted by atomic mass is 16.3. The first kappa shape index (κ1) is 11.9. The van der Waals surface area contributed by atoms with Gasteiger partial charge in [0.15, 0.2) is 11.5 Å². The smallest absolute Gasteiger partial charge is 0.198 e. The van der Waals surface area contributed by atoms with Crippen LogP contribution in [0.1, 0.15) is 37.2 Å². The molecule has 2 aromatic rings. The minimum Gasteiger partial charge on any atom is -0.453 e. The van der Waals surface area contributed by atoms with Gasteiger partial charge in [0.05, 0.1) is 0 Å². The Morgan fingerprint density at radius 1 is 1.35 bits per heavy atom. The first-order valence-electron chi connectivity index (χ1n) is 5.76. The lowest BCUT2D eigenvalue weighted by molar-refractivity contribution is 0.0948. The van der Waals surface area contributed by atoms with Crippen molar-refractivity contribution < 1.29 is 9.21 Å². The van der Waals surface area contributed by atoms with E-state index in [1.807, 2.05) is 38.1 Å². The first-order valence-corrected chi connectivity index (χ1v) is 5.76. The van der Waals surface area contributed by atoms with Crippen molar-refractivity contribution >= 4 is 16.8 Å². The molecule has 2 N–H and O–H groups in total. The van der Waals surface area contributed by atoms with Crippen LogP contribution < -0.4 is 5.73 Å². The van der Waals surface area contributed by atoms with E-state index in [1.54, 1.807) is 6.07 Å². The summed E-state index contributed by atoms with van der Waals surface area (Å²) in [5.41, 5.74) is 6.29. The molecule has 0 atom stereocenters. The molecule has 0 aliphatic heterocycles. The van der Waals surface area contributed by atoms with Gasteiger partial charge in [-0.1, -0.05) is 18.2 Å². The number of nitrogens with two attached hydrogens (primary N) is 1. The maximum Gasteiger partial charge on any atom is 0.198 e. The summed E-state index contributed by atoms with van der Waals surface area (Å²) in [4.78, 5) is 11.9. The maximum absolute atomic E-state index is 11.9. The van der Waals surface area contributed by atoms with Gasteiger partial charge in [0.2, 0.25) is 0 Å². The molecular formula is C14H17NO2. The van der Waals surface area contributed by atoms with Crippen molar-refractivity contribution in [3.05, 3.63) is 36.1 Å². The lowest BCUT2D eigenvalue weighted by Crippen LogP contribution is -2.32. The molecule has 0 radical (unpaired) electrons. The van der Waals surface area contributed by atoms with Gasteiger partial charge in [-0.2, -0.15) is 0 Å². The number of Topliss-reactive ketones (excluding diaryl/α,β-unsaturated/α-hetero) is 1. The third-order valence-electron chi connectivity index (χ3n) is 2.70. The lowest BCUT2D eigenvalue weighted by atomic mass is 9.98. The fourth-order valence-corrected chi connectivity index (χ4v) is 1.68. The Hall–Kier alpha value is -1.61. The summed E-state index contributed by atoms with van der Waals surface area (Å²) in [6.45, 7) is 3.83. The van der Waals surface area contributed by atoms with E-state index in [4.69, 9.17) is 10.2 Å². The molecule has 3 nitrogen and oxygen atoms in total. The fraction of sp³-hybridized carbons (Fsp3) is 0.357. The van der Waals surface area contributed by atoms with Gasteiger partial charge in [-0.05, 0) is 32.4 Å². The number of para-hydroxylation sites is 1. The van der Waals surface area contributed by atoms with Crippen molar-refractivity contribution in [1.82, 2.24) is 0 Å². The number of furan rings is 1. The minimum atomic E-state index is -0.318. The molecule has 0 amide bonds. The predicted octanol–water partition coefficient (Wildman–Crippen LogP) is 3.13. The first-order chi connectivity index (χ1) is 7.96. The van der Waals surface area contributed by atoms with Crippen molar-refractivity contribution in [3.8, 4) is 0 Å². The van der Waals surface area contributed by atoms with E-state index in [0.29, 0.717) is 18.6 Å². The molecule has 1 heterocycles. The molecule has 0 saturated carbocycles. The third kappa shape index (κ3) is 2.94. The van der Waals surface area contributed by atoms with Gasteiger partial charge in [-0.25, -0.2) is 0 Å². The Morgan fingerprint density at radius 2 is 2.06 bits per heavy atom. The van der Waals surface area contributed by atoms with Crippen LogP contribution in [0.25, 0.3) is 11.0 Å². The van der Waals surface area contributed by atoms with E-state index in [1.165, 1.54) is 0 Å². The van der Waals surface area contributed by atoms with Crippen LogP contribution in [0.3, 0.4) is 0 Å². The Morgan fingerprint density at radius 3 is 2.71 bits per heavy atom. The number of benzene rings is 1. The Bertz CT molecular complexity index is 501. The molecule has 3 heteroatoms.